The summed E-state index contributed by atoms with van der Waals surface area (Å²) in [4.78, 5) is 12.7. The van der Waals surface area contributed by atoms with E-state index < -0.39 is 0 Å². The highest BCUT2D eigenvalue weighted by molar-refractivity contribution is 7.12. The van der Waals surface area contributed by atoms with Gasteiger partial charge >= 0.3 is 0 Å². The van der Waals surface area contributed by atoms with Crippen LogP contribution in [0, 0.1) is 5.82 Å². The number of carbonyl (C=O) groups is 1. The van der Waals surface area contributed by atoms with Crippen LogP contribution in [-0.2, 0) is 0 Å². The minimum atomic E-state index is -0.225. The van der Waals surface area contributed by atoms with Gasteiger partial charge in [-0.3, -0.25) is 4.79 Å². The molecule has 5 heteroatoms. The minimum absolute atomic E-state index is 0.120. The van der Waals surface area contributed by atoms with Crippen LogP contribution in [0.4, 0.5) is 15.8 Å². The molecule has 2 aromatic carbocycles. The van der Waals surface area contributed by atoms with Gasteiger partial charge in [0.05, 0.1) is 10.9 Å². The number of hydrogen-bond donors (Lipinski definition) is 2. The standard InChI is InChI=1S/C19H17FN2OS/c1-13(16-5-2-3-6-17(16)20)21-14-8-10-15(11-9-14)22-19(23)18-7-4-12-24-18/h2-13,21H,1H3,(H,22,23). The van der Waals surface area contributed by atoms with E-state index in [1.165, 1.54) is 17.4 Å². The van der Waals surface area contributed by atoms with Gasteiger partial charge in [0.1, 0.15) is 5.82 Å². The molecule has 1 amide bonds. The van der Waals surface area contributed by atoms with Gasteiger partial charge in [0.25, 0.3) is 5.91 Å². The molecule has 0 aliphatic carbocycles. The fourth-order valence-electron chi connectivity index (χ4n) is 2.40. The molecule has 2 N–H and O–H groups in total. The first-order chi connectivity index (χ1) is 11.6. The first-order valence-corrected chi connectivity index (χ1v) is 8.47. The summed E-state index contributed by atoms with van der Waals surface area (Å²) in [6.45, 7) is 1.91. The molecule has 0 aliphatic heterocycles. The third-order valence-electron chi connectivity index (χ3n) is 3.64. The smallest absolute Gasteiger partial charge is 0.265 e. The Bertz CT molecular complexity index is 816. The summed E-state index contributed by atoms with van der Waals surface area (Å²) in [6.07, 6.45) is 0. The van der Waals surface area contributed by atoms with Crippen molar-refractivity contribution in [1.29, 1.82) is 0 Å². The molecule has 1 atom stereocenters. The van der Waals surface area contributed by atoms with E-state index in [0.717, 1.165) is 11.4 Å². The topological polar surface area (TPSA) is 41.1 Å². The molecule has 0 saturated heterocycles. The van der Waals surface area contributed by atoms with Crippen molar-refractivity contribution in [3.63, 3.8) is 0 Å². The van der Waals surface area contributed by atoms with Crippen molar-refractivity contribution in [3.8, 4) is 0 Å². The molecule has 0 bridgehead atoms. The van der Waals surface area contributed by atoms with Gasteiger partial charge in [-0.05, 0) is 48.7 Å². The molecule has 1 unspecified atom stereocenters. The van der Waals surface area contributed by atoms with E-state index in [1.54, 1.807) is 18.2 Å². The molecular formula is C19H17FN2OS. The summed E-state index contributed by atoms with van der Waals surface area (Å²) in [5, 5.41) is 7.97. The van der Waals surface area contributed by atoms with Gasteiger partial charge in [0.15, 0.2) is 0 Å². The molecule has 3 rings (SSSR count). The Balaban J connectivity index is 1.64. The largest absolute Gasteiger partial charge is 0.378 e. The third kappa shape index (κ3) is 3.81. The van der Waals surface area contributed by atoms with Gasteiger partial charge in [0, 0.05) is 16.9 Å². The molecule has 1 heterocycles. The number of benzene rings is 2. The number of thiophene rings is 1. The van der Waals surface area contributed by atoms with Crippen LogP contribution < -0.4 is 10.6 Å². The second kappa shape index (κ2) is 7.27. The lowest BCUT2D eigenvalue weighted by molar-refractivity contribution is 0.103. The number of nitrogens with one attached hydrogen (secondary N) is 2. The van der Waals surface area contributed by atoms with Gasteiger partial charge in [-0.2, -0.15) is 0 Å². The molecule has 1 aromatic heterocycles. The Morgan fingerprint density at radius 2 is 1.71 bits per heavy atom. The summed E-state index contributed by atoms with van der Waals surface area (Å²) >= 11 is 1.40. The Labute approximate surface area is 144 Å². The summed E-state index contributed by atoms with van der Waals surface area (Å²) in [5.74, 6) is -0.345. The molecule has 24 heavy (non-hydrogen) atoms. The van der Waals surface area contributed by atoms with Gasteiger partial charge in [-0.1, -0.05) is 24.3 Å². The third-order valence-corrected chi connectivity index (χ3v) is 4.51. The molecule has 0 fully saturated rings. The minimum Gasteiger partial charge on any atom is -0.378 e. The molecule has 0 radical (unpaired) electrons. The maximum absolute atomic E-state index is 13.8. The average molecular weight is 340 g/mol. The number of amides is 1. The first-order valence-electron chi connectivity index (χ1n) is 7.59. The molecule has 0 saturated carbocycles. The van der Waals surface area contributed by atoms with Crippen LogP contribution >= 0.6 is 11.3 Å². The molecule has 122 valence electrons. The number of halogens is 1. The lowest BCUT2D eigenvalue weighted by Crippen LogP contribution is -2.11. The van der Waals surface area contributed by atoms with E-state index in [-0.39, 0.29) is 17.8 Å². The van der Waals surface area contributed by atoms with Gasteiger partial charge in [0.2, 0.25) is 0 Å². The zero-order valence-electron chi connectivity index (χ0n) is 13.1. The van der Waals surface area contributed by atoms with Crippen LogP contribution in [0.2, 0.25) is 0 Å². The molecule has 3 aromatic rings. The predicted octanol–water partition coefficient (Wildman–Crippen LogP) is 5.31. The molecular weight excluding hydrogens is 323 g/mol. The first kappa shape index (κ1) is 16.2. The van der Waals surface area contributed by atoms with Crippen LogP contribution in [0.1, 0.15) is 28.2 Å². The van der Waals surface area contributed by atoms with E-state index in [0.29, 0.717) is 10.4 Å². The van der Waals surface area contributed by atoms with Crippen LogP contribution in [-0.4, -0.2) is 5.91 Å². The van der Waals surface area contributed by atoms with Crippen LogP contribution in [0.25, 0.3) is 0 Å². The Kier molecular flexibility index (Phi) is 4.91. The van der Waals surface area contributed by atoms with Crippen LogP contribution in [0.15, 0.2) is 66.0 Å². The predicted molar refractivity (Wildman–Crippen MR) is 97.2 cm³/mol. The highest BCUT2D eigenvalue weighted by Crippen LogP contribution is 2.23. The van der Waals surface area contributed by atoms with E-state index in [9.17, 15) is 9.18 Å². The fraction of sp³-hybridized carbons (Fsp3) is 0.105. The number of carbonyl (C=O) groups excluding carboxylic acids is 1. The Morgan fingerprint density at radius 1 is 1.00 bits per heavy atom. The van der Waals surface area contributed by atoms with E-state index in [1.807, 2.05) is 48.7 Å². The Hall–Kier alpha value is -2.66. The van der Waals surface area contributed by atoms with E-state index >= 15 is 0 Å². The SMILES string of the molecule is CC(Nc1ccc(NC(=O)c2cccs2)cc1)c1ccccc1F. The lowest BCUT2D eigenvalue weighted by atomic mass is 10.1. The van der Waals surface area contributed by atoms with E-state index in [4.69, 9.17) is 0 Å². The molecule has 3 nitrogen and oxygen atoms in total. The monoisotopic (exact) mass is 340 g/mol. The van der Waals surface area contributed by atoms with Crippen molar-refractivity contribution in [2.24, 2.45) is 0 Å². The van der Waals surface area contributed by atoms with Crippen molar-refractivity contribution < 1.29 is 9.18 Å². The summed E-state index contributed by atoms with van der Waals surface area (Å²) in [5.41, 5.74) is 2.20. The van der Waals surface area contributed by atoms with Gasteiger partial charge < -0.3 is 10.6 Å². The summed E-state index contributed by atoms with van der Waals surface area (Å²) < 4.78 is 13.8. The van der Waals surface area contributed by atoms with Crippen molar-refractivity contribution in [1.82, 2.24) is 0 Å². The van der Waals surface area contributed by atoms with Crippen molar-refractivity contribution in [2.45, 2.75) is 13.0 Å². The maximum Gasteiger partial charge on any atom is 0.265 e. The quantitative estimate of drug-likeness (QED) is 0.660. The summed E-state index contributed by atoms with van der Waals surface area (Å²) in [7, 11) is 0. The number of rotatable bonds is 5. The fourth-order valence-corrected chi connectivity index (χ4v) is 3.02. The van der Waals surface area contributed by atoms with Crippen LogP contribution in [0.3, 0.4) is 0 Å². The van der Waals surface area contributed by atoms with Gasteiger partial charge in [-0.25, -0.2) is 4.39 Å². The van der Waals surface area contributed by atoms with Crippen molar-refractivity contribution >= 4 is 28.6 Å². The maximum atomic E-state index is 13.8. The molecule has 0 spiro atoms. The zero-order valence-corrected chi connectivity index (χ0v) is 13.9. The highest BCUT2D eigenvalue weighted by Gasteiger charge is 2.10. The summed E-state index contributed by atoms with van der Waals surface area (Å²) in [6, 6.07) is 17.6. The number of hydrogen-bond acceptors (Lipinski definition) is 3. The van der Waals surface area contributed by atoms with Crippen LogP contribution in [0.5, 0.6) is 0 Å². The van der Waals surface area contributed by atoms with Gasteiger partial charge in [-0.15, -0.1) is 11.3 Å². The Morgan fingerprint density at radius 3 is 2.38 bits per heavy atom. The van der Waals surface area contributed by atoms with Crippen molar-refractivity contribution in [2.75, 3.05) is 10.6 Å². The molecule has 0 aliphatic rings. The second-order valence-corrected chi connectivity index (χ2v) is 6.34. The average Bonchev–Trinajstić information content (AvgIpc) is 3.11. The lowest BCUT2D eigenvalue weighted by Gasteiger charge is -2.16. The zero-order chi connectivity index (χ0) is 16.9. The second-order valence-electron chi connectivity index (χ2n) is 5.40. The normalized spacial score (nSPS) is 11.8. The highest BCUT2D eigenvalue weighted by atomic mass is 32.1. The number of anilines is 2. The van der Waals surface area contributed by atoms with E-state index in [2.05, 4.69) is 10.6 Å². The van der Waals surface area contributed by atoms with Crippen molar-refractivity contribution in [3.05, 3.63) is 82.3 Å².